The van der Waals surface area contributed by atoms with Gasteiger partial charge in [0.15, 0.2) is 0 Å². The zero-order chi connectivity index (χ0) is 34.8. The topological polar surface area (TPSA) is 143 Å². The highest BCUT2D eigenvalue weighted by molar-refractivity contribution is 5.58. The van der Waals surface area contributed by atoms with Gasteiger partial charge in [-0.25, -0.2) is 0 Å². The van der Waals surface area contributed by atoms with Crippen molar-refractivity contribution in [1.29, 1.82) is 31.6 Å². The Hall–Kier alpha value is -5.46. The van der Waals surface area contributed by atoms with E-state index < -0.39 is 93.2 Å². The molecule has 0 aliphatic carbocycles. The van der Waals surface area contributed by atoms with Crippen LogP contribution in [-0.4, -0.2) is 0 Å². The molecule has 0 aliphatic heterocycles. The first kappa shape index (κ1) is 38.5. The van der Waals surface area contributed by atoms with Gasteiger partial charge in [-0.3, -0.25) is 0 Å². The quantitative estimate of drug-likeness (QED) is 0.305. The van der Waals surface area contributed by atoms with E-state index in [0.717, 1.165) is 24.3 Å². The van der Waals surface area contributed by atoms with Gasteiger partial charge in [-0.05, 0) is 23.3 Å². The highest BCUT2D eigenvalue weighted by Crippen LogP contribution is 2.44. The maximum Gasteiger partial charge on any atom is 0.418 e. The van der Waals surface area contributed by atoms with Crippen molar-refractivity contribution >= 4 is 0 Å². The van der Waals surface area contributed by atoms with Crippen LogP contribution in [0.15, 0.2) is 12.1 Å². The molecular formula is C26H12F12N6. The highest BCUT2D eigenvalue weighted by Gasteiger charge is 2.46. The van der Waals surface area contributed by atoms with E-state index in [2.05, 4.69) is 0 Å². The molecule has 2 aromatic carbocycles. The summed E-state index contributed by atoms with van der Waals surface area (Å²) >= 11 is 0. The minimum atomic E-state index is -5.26. The van der Waals surface area contributed by atoms with Gasteiger partial charge >= 0.3 is 24.7 Å². The van der Waals surface area contributed by atoms with Crippen LogP contribution in [0, 0.1) is 68.0 Å². The molecule has 0 atom stereocenters. The van der Waals surface area contributed by atoms with E-state index in [1.165, 1.54) is 12.1 Å². The highest BCUT2D eigenvalue weighted by atomic mass is 19.4. The first-order valence-corrected chi connectivity index (χ1v) is 11.2. The summed E-state index contributed by atoms with van der Waals surface area (Å²) in [4.78, 5) is 0. The molecule has 0 aliphatic rings. The second-order valence-electron chi connectivity index (χ2n) is 7.51. The Bertz CT molecular complexity index is 1410. The van der Waals surface area contributed by atoms with E-state index in [4.69, 9.17) is 31.6 Å². The molecule has 0 spiro atoms. The molecule has 230 valence electrons. The molecule has 2 rings (SSSR count). The van der Waals surface area contributed by atoms with Gasteiger partial charge in [0.25, 0.3) is 0 Å². The summed E-state index contributed by atoms with van der Waals surface area (Å²) in [5.74, 6) is 0. The van der Waals surface area contributed by atoms with Crippen LogP contribution in [0.3, 0.4) is 0 Å². The van der Waals surface area contributed by atoms with Crippen molar-refractivity contribution in [1.82, 2.24) is 0 Å². The molecule has 6 nitrogen and oxygen atoms in total. The molecule has 0 bridgehead atoms. The molecule has 0 fully saturated rings. The first-order chi connectivity index (χ1) is 20.1. The van der Waals surface area contributed by atoms with Crippen LogP contribution < -0.4 is 0 Å². The summed E-state index contributed by atoms with van der Waals surface area (Å²) in [7, 11) is 0. The number of nitrogens with zero attached hydrogens (tertiary/aromatic N) is 6. The zero-order valence-electron chi connectivity index (χ0n) is 21.8. The van der Waals surface area contributed by atoms with Crippen LogP contribution in [0.4, 0.5) is 52.7 Å². The van der Waals surface area contributed by atoms with Crippen LogP contribution in [-0.2, 0) is 37.5 Å². The molecule has 44 heavy (non-hydrogen) atoms. The van der Waals surface area contributed by atoms with Crippen molar-refractivity contribution in [3.63, 3.8) is 0 Å². The fourth-order valence-corrected chi connectivity index (χ4v) is 3.64. The zero-order valence-corrected chi connectivity index (χ0v) is 21.8. The Balaban J connectivity index is 0.000000795. The largest absolute Gasteiger partial charge is 0.418 e. The Labute approximate surface area is 240 Å². The molecule has 0 saturated heterocycles. The summed E-state index contributed by atoms with van der Waals surface area (Å²) in [5, 5.41) is 51.6. The average molecular weight is 636 g/mol. The lowest BCUT2D eigenvalue weighted by Gasteiger charge is -2.19. The maximum absolute atomic E-state index is 12.9. The third kappa shape index (κ3) is 8.77. The van der Waals surface area contributed by atoms with Gasteiger partial charge in [-0.15, -0.1) is 0 Å². The van der Waals surface area contributed by atoms with E-state index in [0.29, 0.717) is 0 Å². The van der Waals surface area contributed by atoms with Crippen molar-refractivity contribution in [3.8, 4) is 36.4 Å². The Kier molecular flexibility index (Phi) is 12.8. The number of hydrogen-bond donors (Lipinski definition) is 0. The fraction of sp³-hybridized carbons (Fsp3) is 0.308. The van der Waals surface area contributed by atoms with Crippen LogP contribution in [0.1, 0.15) is 69.5 Å². The van der Waals surface area contributed by atoms with Gasteiger partial charge in [0.05, 0.1) is 93.8 Å². The van der Waals surface area contributed by atoms with Gasteiger partial charge in [-0.2, -0.15) is 84.3 Å². The van der Waals surface area contributed by atoms with Gasteiger partial charge < -0.3 is 0 Å². The van der Waals surface area contributed by atoms with Crippen molar-refractivity contribution < 1.29 is 52.7 Å². The number of rotatable bonds is 2. The van der Waals surface area contributed by atoms with E-state index in [-0.39, 0.29) is 12.1 Å². The van der Waals surface area contributed by atoms with Crippen molar-refractivity contribution in [2.24, 2.45) is 0 Å². The number of nitriles is 6. The molecule has 18 heteroatoms. The predicted octanol–water partition coefficient (Wildman–Crippen LogP) is 8.09. The molecule has 0 unspecified atom stereocenters. The molecule has 0 radical (unpaired) electrons. The second kappa shape index (κ2) is 14.6. The lowest BCUT2D eigenvalue weighted by Crippen LogP contribution is -2.20. The van der Waals surface area contributed by atoms with E-state index in [1.54, 1.807) is 0 Å². The van der Waals surface area contributed by atoms with Crippen LogP contribution in [0.2, 0.25) is 0 Å². The molecular weight excluding hydrogens is 624 g/mol. The number of hydrogen-bond acceptors (Lipinski definition) is 6. The normalized spacial score (nSPS) is 11.0. The third-order valence-corrected chi connectivity index (χ3v) is 4.99. The van der Waals surface area contributed by atoms with Crippen LogP contribution >= 0.6 is 0 Å². The van der Waals surface area contributed by atoms with Crippen LogP contribution in [0.5, 0.6) is 0 Å². The predicted molar refractivity (Wildman–Crippen MR) is 122 cm³/mol. The monoisotopic (exact) mass is 636 g/mol. The van der Waals surface area contributed by atoms with Crippen molar-refractivity contribution in [3.05, 3.63) is 67.8 Å². The lowest BCUT2D eigenvalue weighted by molar-refractivity contribution is -0.146. The SMILES string of the molecule is CC.N#CCc1c(C(F)(F)F)c(C#N)cc(C#N)c1C(F)(F)F.N#CCc1c(C(F)(F)F)c(C#N)cc(C#N)c1C(F)(F)F. The van der Waals surface area contributed by atoms with E-state index >= 15 is 0 Å². The Morgan fingerprint density at radius 3 is 0.727 bits per heavy atom. The van der Waals surface area contributed by atoms with Crippen molar-refractivity contribution in [2.45, 2.75) is 51.4 Å². The number of benzene rings is 2. The van der Waals surface area contributed by atoms with Gasteiger partial charge in [-0.1, -0.05) is 13.8 Å². The third-order valence-electron chi connectivity index (χ3n) is 4.99. The minimum absolute atomic E-state index is 0.229. The smallest absolute Gasteiger partial charge is 0.198 e. The summed E-state index contributed by atoms with van der Waals surface area (Å²) in [5.41, 5.74) is -14.7. The molecule has 0 saturated carbocycles. The van der Waals surface area contributed by atoms with Gasteiger partial charge in [0, 0.05) is 0 Å². The first-order valence-electron chi connectivity index (χ1n) is 11.2. The molecule has 0 heterocycles. The Morgan fingerprint density at radius 1 is 0.432 bits per heavy atom. The van der Waals surface area contributed by atoms with Crippen molar-refractivity contribution in [2.75, 3.05) is 0 Å². The molecule has 0 amide bonds. The summed E-state index contributed by atoms with van der Waals surface area (Å²) in [6.45, 7) is 4.00. The minimum Gasteiger partial charge on any atom is -0.198 e. The maximum atomic E-state index is 12.9. The molecule has 0 aromatic heterocycles. The fourth-order valence-electron chi connectivity index (χ4n) is 3.64. The van der Waals surface area contributed by atoms with E-state index in [1.807, 2.05) is 13.8 Å². The lowest BCUT2D eigenvalue weighted by atomic mass is 9.90. The van der Waals surface area contributed by atoms with Crippen LogP contribution in [0.25, 0.3) is 0 Å². The summed E-state index contributed by atoms with van der Waals surface area (Å²) in [6.07, 6.45) is -23.5. The average Bonchev–Trinajstić information content (AvgIpc) is 2.90. The number of halogens is 12. The molecule has 0 N–H and O–H groups in total. The summed E-state index contributed by atoms with van der Waals surface area (Å²) in [6, 6.07) is 7.27. The standard InChI is InChI=1S/2C12H3F6N3.C2H6/c2*13-11(14,15)9-6(4-20)3-7(5-21)10(12(16,17)18)8(9)1-2-19;1-2/h2*3H,1H2;1-2H3. The van der Waals surface area contributed by atoms with Gasteiger partial charge in [0.2, 0.25) is 0 Å². The number of alkyl halides is 12. The van der Waals surface area contributed by atoms with Gasteiger partial charge in [0.1, 0.15) is 0 Å². The summed E-state index contributed by atoms with van der Waals surface area (Å²) < 4.78 is 155. The molecule has 2 aromatic rings. The van der Waals surface area contributed by atoms with E-state index in [9.17, 15) is 52.7 Å². The second-order valence-corrected chi connectivity index (χ2v) is 7.51. The Morgan fingerprint density at radius 2 is 0.614 bits per heavy atom.